The highest BCUT2D eigenvalue weighted by Gasteiger charge is 2.46. The molecule has 2 rings (SSSR count). The van der Waals surface area contributed by atoms with Crippen LogP contribution in [0.5, 0.6) is 0 Å². The highest BCUT2D eigenvalue weighted by atomic mass is 32.2. The Kier molecular flexibility index (Phi) is 3.74. The van der Waals surface area contributed by atoms with Crippen LogP contribution in [0.25, 0.3) is 0 Å². The lowest BCUT2D eigenvalue weighted by atomic mass is 10.0. The monoisotopic (exact) mass is 308 g/mol. The average molecular weight is 308 g/mol. The Hall–Kier alpha value is -1.98. The Balaban J connectivity index is 2.43. The molecular formula is C13H16N4O3S. The van der Waals surface area contributed by atoms with Gasteiger partial charge in [-0.2, -0.15) is 9.57 Å². The number of likely N-dealkylation sites (N-methyl/N-ethyl adjacent to an activating group) is 1. The van der Waals surface area contributed by atoms with E-state index < -0.39 is 15.6 Å². The van der Waals surface area contributed by atoms with Crippen molar-refractivity contribution in [1.82, 2.24) is 14.2 Å². The van der Waals surface area contributed by atoms with Crippen molar-refractivity contribution in [1.29, 1.82) is 5.26 Å². The fraction of sp³-hybridized carbons (Fsp3) is 0.462. The summed E-state index contributed by atoms with van der Waals surface area (Å²) in [4.78, 5) is 17.5. The largest absolute Gasteiger partial charge is 0.343 e. The Morgan fingerprint density at radius 3 is 2.52 bits per heavy atom. The molecule has 0 aliphatic carbocycles. The third kappa shape index (κ3) is 2.50. The number of nitrogens with zero attached hydrogens (tertiary/aromatic N) is 4. The number of sulfonamides is 1. The van der Waals surface area contributed by atoms with Gasteiger partial charge in [0.15, 0.2) is 0 Å². The van der Waals surface area contributed by atoms with Crippen LogP contribution in [0, 0.1) is 11.3 Å². The van der Waals surface area contributed by atoms with Gasteiger partial charge in [-0.25, -0.2) is 13.4 Å². The molecule has 0 aromatic carbocycles. The first-order valence-electron chi connectivity index (χ1n) is 6.36. The van der Waals surface area contributed by atoms with Crippen molar-refractivity contribution in [3.8, 4) is 6.07 Å². The van der Waals surface area contributed by atoms with Crippen LogP contribution in [0.4, 0.5) is 0 Å². The van der Waals surface area contributed by atoms with E-state index in [9.17, 15) is 13.2 Å². The Labute approximate surface area is 123 Å². The first-order valence-corrected chi connectivity index (χ1v) is 7.80. The number of hydrogen-bond donors (Lipinski definition) is 0. The van der Waals surface area contributed by atoms with E-state index in [0.717, 1.165) is 6.20 Å². The van der Waals surface area contributed by atoms with Crippen molar-refractivity contribution < 1.29 is 13.2 Å². The van der Waals surface area contributed by atoms with Gasteiger partial charge in [-0.3, -0.25) is 4.79 Å². The number of pyridine rings is 1. The van der Waals surface area contributed by atoms with Crippen molar-refractivity contribution in [2.75, 3.05) is 20.1 Å². The highest BCUT2D eigenvalue weighted by Crippen LogP contribution is 2.28. The van der Waals surface area contributed by atoms with Crippen LogP contribution < -0.4 is 0 Å². The molecule has 0 bridgehead atoms. The molecule has 1 amide bonds. The molecule has 112 valence electrons. The second-order valence-electron chi connectivity index (χ2n) is 5.35. The van der Waals surface area contributed by atoms with Crippen LogP contribution >= 0.6 is 0 Å². The Morgan fingerprint density at radius 2 is 2.00 bits per heavy atom. The van der Waals surface area contributed by atoms with E-state index in [-0.39, 0.29) is 23.0 Å². The van der Waals surface area contributed by atoms with Crippen LogP contribution in [-0.2, 0) is 14.8 Å². The number of piperazine rings is 1. The minimum absolute atomic E-state index is 0.0214. The number of carbonyl (C=O) groups is 1. The standard InChI is InChI=1S/C13H16N4O3S/c1-13(2)12(18)16(3)6-7-17(13)21(19,20)11-5-4-10(8-14)15-9-11/h4-5,9H,6-7H2,1-3H3. The second-order valence-corrected chi connectivity index (χ2v) is 7.22. The first kappa shape index (κ1) is 15.4. The molecule has 7 nitrogen and oxygen atoms in total. The fourth-order valence-electron chi connectivity index (χ4n) is 2.34. The normalized spacial score (nSPS) is 19.3. The molecule has 1 aromatic rings. The van der Waals surface area contributed by atoms with Crippen molar-refractivity contribution in [3.05, 3.63) is 24.0 Å². The molecule has 0 N–H and O–H groups in total. The van der Waals surface area contributed by atoms with Gasteiger partial charge < -0.3 is 4.90 Å². The lowest BCUT2D eigenvalue weighted by Gasteiger charge is -2.43. The molecule has 0 unspecified atom stereocenters. The smallest absolute Gasteiger partial charge is 0.245 e. The van der Waals surface area contributed by atoms with E-state index in [4.69, 9.17) is 5.26 Å². The van der Waals surface area contributed by atoms with Gasteiger partial charge in [-0.15, -0.1) is 0 Å². The van der Waals surface area contributed by atoms with Crippen molar-refractivity contribution in [2.45, 2.75) is 24.3 Å². The second kappa shape index (κ2) is 5.09. The zero-order chi connectivity index (χ0) is 15.8. The SMILES string of the molecule is CN1CCN(S(=O)(=O)c2ccc(C#N)nc2)C(C)(C)C1=O. The summed E-state index contributed by atoms with van der Waals surface area (Å²) >= 11 is 0. The van der Waals surface area contributed by atoms with Crippen LogP contribution in [-0.4, -0.2) is 54.2 Å². The van der Waals surface area contributed by atoms with E-state index in [1.165, 1.54) is 21.3 Å². The van der Waals surface area contributed by atoms with E-state index in [1.54, 1.807) is 20.9 Å². The molecule has 21 heavy (non-hydrogen) atoms. The van der Waals surface area contributed by atoms with Crippen LogP contribution in [0.15, 0.2) is 23.2 Å². The summed E-state index contributed by atoms with van der Waals surface area (Å²) in [6.07, 6.45) is 1.15. The third-order valence-corrected chi connectivity index (χ3v) is 5.63. The zero-order valence-corrected chi connectivity index (χ0v) is 12.9. The molecule has 1 aliphatic rings. The number of aromatic nitrogens is 1. The van der Waals surface area contributed by atoms with Gasteiger partial charge in [-0.1, -0.05) is 0 Å². The lowest BCUT2D eigenvalue weighted by molar-refractivity contribution is -0.142. The summed E-state index contributed by atoms with van der Waals surface area (Å²) in [6, 6.07) is 4.51. The van der Waals surface area contributed by atoms with Gasteiger partial charge in [-0.05, 0) is 26.0 Å². The summed E-state index contributed by atoms with van der Waals surface area (Å²) in [5, 5.41) is 8.70. The Bertz CT molecular complexity index is 704. The van der Waals surface area contributed by atoms with Crippen LogP contribution in [0.2, 0.25) is 0 Å². The van der Waals surface area contributed by atoms with E-state index >= 15 is 0 Å². The predicted octanol–water partition coefficient (Wildman–Crippen LogP) is 0.195. The maximum absolute atomic E-state index is 12.7. The van der Waals surface area contributed by atoms with Gasteiger partial charge in [0.25, 0.3) is 0 Å². The first-order chi connectivity index (χ1) is 9.71. The van der Waals surface area contributed by atoms with Crippen molar-refractivity contribution in [3.63, 3.8) is 0 Å². The maximum Gasteiger partial charge on any atom is 0.245 e. The summed E-state index contributed by atoms with van der Waals surface area (Å²) in [7, 11) is -2.19. The van der Waals surface area contributed by atoms with Gasteiger partial charge in [0.2, 0.25) is 15.9 Å². The van der Waals surface area contributed by atoms with E-state index in [0.29, 0.717) is 6.54 Å². The Morgan fingerprint density at radius 1 is 1.33 bits per heavy atom. The van der Waals surface area contributed by atoms with E-state index in [2.05, 4.69) is 4.98 Å². The summed E-state index contributed by atoms with van der Waals surface area (Å²) in [6.45, 7) is 3.72. The molecule has 2 heterocycles. The number of carbonyl (C=O) groups excluding carboxylic acids is 1. The summed E-state index contributed by atoms with van der Waals surface area (Å²) in [5.74, 6) is -0.251. The van der Waals surface area contributed by atoms with Crippen LogP contribution in [0.3, 0.4) is 0 Å². The number of amides is 1. The minimum Gasteiger partial charge on any atom is -0.343 e. The molecular weight excluding hydrogens is 292 g/mol. The van der Waals surface area contributed by atoms with Gasteiger partial charge in [0, 0.05) is 26.3 Å². The van der Waals surface area contributed by atoms with Crippen molar-refractivity contribution >= 4 is 15.9 Å². The molecule has 1 saturated heterocycles. The zero-order valence-electron chi connectivity index (χ0n) is 12.1. The van der Waals surface area contributed by atoms with Gasteiger partial charge in [0.1, 0.15) is 22.2 Å². The average Bonchev–Trinajstić information content (AvgIpc) is 2.44. The van der Waals surface area contributed by atoms with Crippen molar-refractivity contribution in [2.24, 2.45) is 0 Å². The number of nitriles is 1. The predicted molar refractivity (Wildman–Crippen MR) is 74.6 cm³/mol. The number of hydrogen-bond acceptors (Lipinski definition) is 5. The lowest BCUT2D eigenvalue weighted by Crippen LogP contribution is -2.63. The molecule has 8 heteroatoms. The summed E-state index contributed by atoms with van der Waals surface area (Å²) < 4.78 is 26.6. The summed E-state index contributed by atoms with van der Waals surface area (Å²) in [5.41, 5.74) is -1.01. The van der Waals surface area contributed by atoms with Crippen LogP contribution in [0.1, 0.15) is 19.5 Å². The molecule has 0 spiro atoms. The van der Waals surface area contributed by atoms with Gasteiger partial charge >= 0.3 is 0 Å². The molecule has 1 aromatic heterocycles. The van der Waals surface area contributed by atoms with Gasteiger partial charge in [0.05, 0.1) is 0 Å². The fourth-order valence-corrected chi connectivity index (χ4v) is 4.02. The third-order valence-electron chi connectivity index (χ3n) is 3.57. The van der Waals surface area contributed by atoms with E-state index in [1.807, 2.05) is 6.07 Å². The number of rotatable bonds is 2. The maximum atomic E-state index is 12.7. The molecule has 1 fully saturated rings. The quantitative estimate of drug-likeness (QED) is 0.777. The molecule has 0 atom stereocenters. The highest BCUT2D eigenvalue weighted by molar-refractivity contribution is 7.89. The molecule has 0 radical (unpaired) electrons. The topological polar surface area (TPSA) is 94.4 Å². The molecule has 1 aliphatic heterocycles. The minimum atomic E-state index is -3.84. The molecule has 0 saturated carbocycles.